The number of hydrogen-bond acceptors (Lipinski definition) is 5. The van der Waals surface area contributed by atoms with Crippen LogP contribution in [0.3, 0.4) is 0 Å². The highest BCUT2D eigenvalue weighted by molar-refractivity contribution is 5.98. The van der Waals surface area contributed by atoms with Crippen molar-refractivity contribution in [1.29, 1.82) is 0 Å². The number of ether oxygens (including phenoxy) is 2. The second kappa shape index (κ2) is 6.44. The van der Waals surface area contributed by atoms with E-state index in [0.717, 1.165) is 47.4 Å². The van der Waals surface area contributed by atoms with Gasteiger partial charge in [-0.3, -0.25) is 4.79 Å². The van der Waals surface area contributed by atoms with Crippen molar-refractivity contribution in [2.75, 3.05) is 14.2 Å². The van der Waals surface area contributed by atoms with E-state index < -0.39 is 0 Å². The highest BCUT2D eigenvalue weighted by atomic mass is 16.5. The molecular formula is C20H21N3O3. The number of carbonyl (C=O) groups excluding carboxylic acids is 1. The fraction of sp³-hybridized carbons (Fsp3) is 0.350. The number of benzene rings is 1. The average molecular weight is 351 g/mol. The summed E-state index contributed by atoms with van der Waals surface area (Å²) in [6.45, 7) is 2.07. The zero-order chi connectivity index (χ0) is 18.3. The lowest BCUT2D eigenvalue weighted by Gasteiger charge is -2.14. The monoisotopic (exact) mass is 351 g/mol. The van der Waals surface area contributed by atoms with Crippen molar-refractivity contribution in [1.82, 2.24) is 14.6 Å². The molecule has 134 valence electrons. The van der Waals surface area contributed by atoms with Crippen LogP contribution in [0.15, 0.2) is 24.4 Å². The van der Waals surface area contributed by atoms with Crippen LogP contribution in [0.1, 0.15) is 41.5 Å². The van der Waals surface area contributed by atoms with E-state index in [-0.39, 0.29) is 5.78 Å². The Hall–Kier alpha value is -2.89. The van der Waals surface area contributed by atoms with Crippen LogP contribution in [0.25, 0.3) is 16.8 Å². The third kappa shape index (κ3) is 2.53. The predicted molar refractivity (Wildman–Crippen MR) is 98.2 cm³/mol. The van der Waals surface area contributed by atoms with E-state index in [1.807, 2.05) is 24.4 Å². The van der Waals surface area contributed by atoms with Crippen molar-refractivity contribution in [3.05, 3.63) is 41.3 Å². The molecule has 0 spiro atoms. The molecule has 2 heterocycles. The summed E-state index contributed by atoms with van der Waals surface area (Å²) >= 11 is 0. The van der Waals surface area contributed by atoms with Gasteiger partial charge < -0.3 is 9.47 Å². The van der Waals surface area contributed by atoms with Crippen molar-refractivity contribution in [2.45, 2.75) is 32.6 Å². The maximum absolute atomic E-state index is 12.2. The molecule has 0 aliphatic heterocycles. The highest BCUT2D eigenvalue weighted by Crippen LogP contribution is 2.36. The van der Waals surface area contributed by atoms with Crippen LogP contribution in [-0.2, 0) is 12.8 Å². The Morgan fingerprint density at radius 2 is 1.96 bits per heavy atom. The van der Waals surface area contributed by atoms with E-state index in [0.29, 0.717) is 23.5 Å². The number of Topliss-reactive ketones (excluding diaryl/α,β-unsaturated/α-hetero) is 1. The standard InChI is InChI=1S/C20H21N3O3/c1-4-14-19(12-8-9-17(25-2)18(10-12)26-3)20-21-15-6-5-7-16(24)13(15)11-23(20)22-14/h8-11H,4-7H2,1-3H3. The quantitative estimate of drug-likeness (QED) is 0.720. The molecule has 0 fully saturated rings. The Kier molecular flexibility index (Phi) is 4.11. The summed E-state index contributed by atoms with van der Waals surface area (Å²) in [5, 5.41) is 4.68. The first kappa shape index (κ1) is 16.6. The predicted octanol–water partition coefficient (Wildman–Crippen LogP) is 3.49. The number of fused-ring (bicyclic) bond motifs is 2. The molecule has 0 saturated heterocycles. The van der Waals surface area contributed by atoms with Crippen molar-refractivity contribution in [3.63, 3.8) is 0 Å². The lowest BCUT2D eigenvalue weighted by atomic mass is 9.96. The van der Waals surface area contributed by atoms with Crippen LogP contribution in [0.5, 0.6) is 11.5 Å². The van der Waals surface area contributed by atoms with Crippen LogP contribution in [0.2, 0.25) is 0 Å². The van der Waals surface area contributed by atoms with E-state index in [1.54, 1.807) is 18.7 Å². The van der Waals surface area contributed by atoms with Crippen LogP contribution in [0.4, 0.5) is 0 Å². The van der Waals surface area contributed by atoms with Gasteiger partial charge in [0, 0.05) is 18.2 Å². The Morgan fingerprint density at radius 3 is 2.69 bits per heavy atom. The molecule has 0 N–H and O–H groups in total. The van der Waals surface area contributed by atoms with Gasteiger partial charge in [-0.2, -0.15) is 5.10 Å². The average Bonchev–Trinajstić information content (AvgIpc) is 3.03. The largest absolute Gasteiger partial charge is 0.493 e. The molecule has 6 nitrogen and oxygen atoms in total. The summed E-state index contributed by atoms with van der Waals surface area (Å²) in [5.41, 5.74) is 5.26. The van der Waals surface area contributed by atoms with Gasteiger partial charge in [-0.15, -0.1) is 0 Å². The van der Waals surface area contributed by atoms with Crippen molar-refractivity contribution in [3.8, 4) is 22.6 Å². The molecule has 0 radical (unpaired) electrons. The molecule has 1 aliphatic carbocycles. The minimum atomic E-state index is 0.155. The molecule has 6 heteroatoms. The van der Waals surface area contributed by atoms with Gasteiger partial charge in [0.05, 0.1) is 31.2 Å². The van der Waals surface area contributed by atoms with Gasteiger partial charge in [0.25, 0.3) is 0 Å². The molecule has 1 aromatic carbocycles. The van der Waals surface area contributed by atoms with Crippen LogP contribution in [0, 0.1) is 0 Å². The number of aromatic nitrogens is 3. The number of carbonyl (C=O) groups is 1. The fourth-order valence-corrected chi connectivity index (χ4v) is 3.56. The van der Waals surface area contributed by atoms with Crippen molar-refractivity contribution < 1.29 is 14.3 Å². The lowest BCUT2D eigenvalue weighted by Crippen LogP contribution is -2.14. The van der Waals surface area contributed by atoms with Crippen LogP contribution >= 0.6 is 0 Å². The zero-order valence-electron chi connectivity index (χ0n) is 15.2. The first-order valence-electron chi connectivity index (χ1n) is 8.83. The highest BCUT2D eigenvalue weighted by Gasteiger charge is 2.23. The summed E-state index contributed by atoms with van der Waals surface area (Å²) in [4.78, 5) is 17.0. The van der Waals surface area contributed by atoms with Gasteiger partial charge in [0.2, 0.25) is 0 Å². The summed E-state index contributed by atoms with van der Waals surface area (Å²) < 4.78 is 12.5. The molecule has 0 bridgehead atoms. The molecule has 3 aromatic rings. The molecule has 2 aromatic heterocycles. The number of hydrogen-bond donors (Lipinski definition) is 0. The smallest absolute Gasteiger partial charge is 0.166 e. The zero-order valence-corrected chi connectivity index (χ0v) is 15.2. The number of ketones is 1. The minimum Gasteiger partial charge on any atom is -0.493 e. The Morgan fingerprint density at radius 1 is 1.15 bits per heavy atom. The number of aryl methyl sites for hydroxylation is 2. The maximum Gasteiger partial charge on any atom is 0.166 e. The number of rotatable bonds is 4. The molecule has 0 saturated carbocycles. The minimum absolute atomic E-state index is 0.155. The van der Waals surface area contributed by atoms with Gasteiger partial charge in [0.15, 0.2) is 22.9 Å². The summed E-state index contributed by atoms with van der Waals surface area (Å²) in [6.07, 6.45) is 4.88. The number of nitrogens with zero attached hydrogens (tertiary/aromatic N) is 3. The van der Waals surface area contributed by atoms with Crippen molar-refractivity contribution in [2.24, 2.45) is 0 Å². The first-order valence-corrected chi connectivity index (χ1v) is 8.83. The number of methoxy groups -OCH3 is 2. The van der Waals surface area contributed by atoms with E-state index in [2.05, 4.69) is 12.0 Å². The van der Waals surface area contributed by atoms with E-state index in [9.17, 15) is 4.79 Å². The van der Waals surface area contributed by atoms with Crippen LogP contribution in [-0.4, -0.2) is 34.6 Å². The van der Waals surface area contributed by atoms with Gasteiger partial charge in [-0.1, -0.05) is 13.0 Å². The summed E-state index contributed by atoms with van der Waals surface area (Å²) in [5.74, 6) is 1.50. The summed E-state index contributed by atoms with van der Waals surface area (Å²) in [6, 6.07) is 5.82. The van der Waals surface area contributed by atoms with Gasteiger partial charge >= 0.3 is 0 Å². The van der Waals surface area contributed by atoms with Crippen molar-refractivity contribution >= 4 is 11.4 Å². The molecule has 4 rings (SSSR count). The van der Waals surface area contributed by atoms with Gasteiger partial charge in [0.1, 0.15) is 0 Å². The van der Waals surface area contributed by atoms with Gasteiger partial charge in [-0.05, 0) is 37.0 Å². The third-order valence-electron chi connectivity index (χ3n) is 4.89. The second-order valence-corrected chi connectivity index (χ2v) is 6.39. The SMILES string of the molecule is CCc1nn2cc3c(nc2c1-c1ccc(OC)c(OC)c1)CCCC3=O. The Bertz CT molecular complexity index is 1010. The van der Waals surface area contributed by atoms with Crippen LogP contribution < -0.4 is 9.47 Å². The first-order chi connectivity index (χ1) is 12.7. The van der Waals surface area contributed by atoms with E-state index in [1.165, 1.54) is 0 Å². The molecule has 26 heavy (non-hydrogen) atoms. The molecule has 0 atom stereocenters. The Balaban J connectivity index is 1.95. The molecule has 0 amide bonds. The van der Waals surface area contributed by atoms with Gasteiger partial charge in [-0.25, -0.2) is 9.50 Å². The van der Waals surface area contributed by atoms with E-state index in [4.69, 9.17) is 14.5 Å². The summed E-state index contributed by atoms with van der Waals surface area (Å²) in [7, 11) is 3.24. The molecular weight excluding hydrogens is 330 g/mol. The molecule has 1 aliphatic rings. The lowest BCUT2D eigenvalue weighted by molar-refractivity contribution is 0.0971. The topological polar surface area (TPSA) is 65.7 Å². The fourth-order valence-electron chi connectivity index (χ4n) is 3.56. The maximum atomic E-state index is 12.2. The Labute approximate surface area is 151 Å². The van der Waals surface area contributed by atoms with E-state index >= 15 is 0 Å². The second-order valence-electron chi connectivity index (χ2n) is 6.39. The third-order valence-corrected chi connectivity index (χ3v) is 4.89. The molecule has 0 unspecified atom stereocenters. The normalized spacial score (nSPS) is 13.7.